The van der Waals surface area contributed by atoms with Crippen LogP contribution in [0.3, 0.4) is 0 Å². The second-order valence-corrected chi connectivity index (χ2v) is 7.38. The predicted molar refractivity (Wildman–Crippen MR) is 47.0 cm³/mol. The van der Waals surface area contributed by atoms with Crippen molar-refractivity contribution in [2.45, 2.75) is 25.6 Å². The van der Waals surface area contributed by atoms with E-state index in [2.05, 4.69) is 0 Å². The number of aliphatic hydroxyl groups is 1. The van der Waals surface area contributed by atoms with E-state index < -0.39 is 8.32 Å². The van der Waals surface area contributed by atoms with Gasteiger partial charge in [-0.3, -0.25) is 0 Å². The van der Waals surface area contributed by atoms with Crippen LogP contribution >= 0.6 is 0 Å². The maximum Gasteiger partial charge on any atom is 0.182 e. The molecule has 0 aromatic rings. The van der Waals surface area contributed by atoms with Crippen molar-refractivity contribution < 1.29 is 14.6 Å². The molecule has 3 nitrogen and oxygen atoms in total. The highest BCUT2D eigenvalue weighted by Crippen LogP contribution is 2.06. The van der Waals surface area contributed by atoms with Gasteiger partial charge >= 0.3 is 0 Å². The summed E-state index contributed by atoms with van der Waals surface area (Å²) in [7, 11) is -1.86. The molecular formula is C7H18O3Si. The van der Waals surface area contributed by atoms with E-state index in [1.165, 1.54) is 0 Å². The standard InChI is InChI=1S/C7H18O3Si/c1-11(2,9)7-3-5-10-6-4-8/h8-9H,3-7H2,1-2H3. The third-order valence-corrected chi connectivity index (χ3v) is 2.89. The molecule has 0 bridgehead atoms. The number of aliphatic hydroxyl groups excluding tert-OH is 1. The van der Waals surface area contributed by atoms with Gasteiger partial charge in [0.15, 0.2) is 8.32 Å². The quantitative estimate of drug-likeness (QED) is 0.462. The fourth-order valence-corrected chi connectivity index (χ4v) is 1.78. The van der Waals surface area contributed by atoms with Gasteiger partial charge in [0, 0.05) is 6.61 Å². The van der Waals surface area contributed by atoms with E-state index in [0.717, 1.165) is 12.5 Å². The summed E-state index contributed by atoms with van der Waals surface area (Å²) in [6.45, 7) is 4.98. The summed E-state index contributed by atoms with van der Waals surface area (Å²) in [6, 6.07) is 0.873. The SMILES string of the molecule is C[Si](C)(O)CCCOCCO. The smallest absolute Gasteiger partial charge is 0.182 e. The van der Waals surface area contributed by atoms with Gasteiger partial charge in [0.2, 0.25) is 0 Å². The van der Waals surface area contributed by atoms with Gasteiger partial charge < -0.3 is 14.6 Å². The van der Waals surface area contributed by atoms with Gasteiger partial charge in [0.1, 0.15) is 0 Å². The van der Waals surface area contributed by atoms with Crippen molar-refractivity contribution in [3.63, 3.8) is 0 Å². The van der Waals surface area contributed by atoms with Crippen LogP contribution in [0.4, 0.5) is 0 Å². The van der Waals surface area contributed by atoms with E-state index in [4.69, 9.17) is 9.84 Å². The molecule has 0 aromatic heterocycles. The topological polar surface area (TPSA) is 49.7 Å². The molecule has 68 valence electrons. The molecular weight excluding hydrogens is 160 g/mol. The molecule has 0 rings (SSSR count). The second-order valence-electron chi connectivity index (χ2n) is 3.25. The Bertz CT molecular complexity index is 90.2. The van der Waals surface area contributed by atoms with E-state index in [-0.39, 0.29) is 6.61 Å². The Hall–Kier alpha value is 0.0969. The van der Waals surface area contributed by atoms with Crippen molar-refractivity contribution >= 4 is 8.32 Å². The van der Waals surface area contributed by atoms with Gasteiger partial charge in [0.05, 0.1) is 13.2 Å². The Morgan fingerprint density at radius 1 is 1.27 bits per heavy atom. The summed E-state index contributed by atoms with van der Waals surface area (Å²) >= 11 is 0. The minimum Gasteiger partial charge on any atom is -0.432 e. The van der Waals surface area contributed by atoms with Crippen LogP contribution in [-0.2, 0) is 4.74 Å². The van der Waals surface area contributed by atoms with Crippen molar-refractivity contribution in [1.29, 1.82) is 0 Å². The molecule has 2 N–H and O–H groups in total. The zero-order chi connectivity index (χ0) is 8.74. The average molecular weight is 178 g/mol. The zero-order valence-electron chi connectivity index (χ0n) is 7.34. The lowest BCUT2D eigenvalue weighted by molar-refractivity contribution is 0.0924. The van der Waals surface area contributed by atoms with Gasteiger partial charge in [0.25, 0.3) is 0 Å². The first-order valence-corrected chi connectivity index (χ1v) is 7.13. The van der Waals surface area contributed by atoms with E-state index >= 15 is 0 Å². The maximum absolute atomic E-state index is 9.41. The summed E-state index contributed by atoms with van der Waals surface area (Å²) in [5, 5.41) is 8.36. The lowest BCUT2D eigenvalue weighted by Crippen LogP contribution is -2.24. The molecule has 4 heteroatoms. The van der Waals surface area contributed by atoms with Crippen molar-refractivity contribution in [2.24, 2.45) is 0 Å². The van der Waals surface area contributed by atoms with Crippen LogP contribution in [0.25, 0.3) is 0 Å². The van der Waals surface area contributed by atoms with Crippen LogP contribution in [0.15, 0.2) is 0 Å². The molecule has 0 atom stereocenters. The molecule has 0 aromatic carbocycles. The van der Waals surface area contributed by atoms with E-state index in [1.54, 1.807) is 0 Å². The molecule has 0 fully saturated rings. The van der Waals surface area contributed by atoms with Gasteiger partial charge in [-0.2, -0.15) is 0 Å². The van der Waals surface area contributed by atoms with Crippen molar-refractivity contribution in [1.82, 2.24) is 0 Å². The molecule has 0 unspecified atom stereocenters. The van der Waals surface area contributed by atoms with E-state index in [9.17, 15) is 4.80 Å². The number of ether oxygens (including phenoxy) is 1. The number of hydrogen-bond donors (Lipinski definition) is 2. The van der Waals surface area contributed by atoms with Gasteiger partial charge in [-0.05, 0) is 25.6 Å². The fraction of sp³-hybridized carbons (Fsp3) is 1.00. The first-order valence-electron chi connectivity index (χ1n) is 3.97. The molecule has 0 saturated carbocycles. The van der Waals surface area contributed by atoms with Crippen LogP contribution in [0.1, 0.15) is 6.42 Å². The van der Waals surface area contributed by atoms with Crippen LogP contribution < -0.4 is 0 Å². The Balaban J connectivity index is 3.02. The highest BCUT2D eigenvalue weighted by molar-refractivity contribution is 6.69. The normalized spacial score (nSPS) is 12.0. The molecule has 0 radical (unpaired) electrons. The first-order chi connectivity index (χ1) is 5.06. The van der Waals surface area contributed by atoms with Crippen molar-refractivity contribution in [2.75, 3.05) is 19.8 Å². The molecule has 0 amide bonds. The Kier molecular flexibility index (Phi) is 5.76. The Morgan fingerprint density at radius 2 is 1.91 bits per heavy atom. The van der Waals surface area contributed by atoms with Crippen LogP contribution in [-0.4, -0.2) is 38.0 Å². The minimum atomic E-state index is -1.86. The van der Waals surface area contributed by atoms with Crippen molar-refractivity contribution in [3.05, 3.63) is 0 Å². The zero-order valence-corrected chi connectivity index (χ0v) is 8.34. The highest BCUT2D eigenvalue weighted by Gasteiger charge is 2.15. The number of hydrogen-bond acceptors (Lipinski definition) is 3. The molecule has 11 heavy (non-hydrogen) atoms. The Morgan fingerprint density at radius 3 is 2.36 bits per heavy atom. The lowest BCUT2D eigenvalue weighted by atomic mass is 10.5. The summed E-state index contributed by atoms with van der Waals surface area (Å²) < 4.78 is 5.04. The Labute approximate surface area is 69.1 Å². The van der Waals surface area contributed by atoms with E-state index in [1.807, 2.05) is 13.1 Å². The highest BCUT2D eigenvalue weighted by atomic mass is 28.4. The molecule has 0 aliphatic rings. The van der Waals surface area contributed by atoms with Crippen LogP contribution in [0.2, 0.25) is 19.1 Å². The summed E-state index contributed by atoms with van der Waals surface area (Å²) in [5.74, 6) is 0. The predicted octanol–water partition coefficient (Wildman–Crippen LogP) is 0.583. The maximum atomic E-state index is 9.41. The molecule has 0 heterocycles. The average Bonchev–Trinajstić information content (AvgIpc) is 1.85. The first kappa shape index (κ1) is 11.1. The number of rotatable bonds is 6. The lowest BCUT2D eigenvalue weighted by Gasteiger charge is -2.12. The van der Waals surface area contributed by atoms with Crippen LogP contribution in [0, 0.1) is 0 Å². The summed E-state index contributed by atoms with van der Waals surface area (Å²) in [5.41, 5.74) is 0. The third-order valence-electron chi connectivity index (χ3n) is 1.31. The molecule has 0 saturated heterocycles. The van der Waals surface area contributed by atoms with Crippen LogP contribution in [0.5, 0.6) is 0 Å². The molecule has 0 spiro atoms. The monoisotopic (exact) mass is 178 g/mol. The summed E-state index contributed by atoms with van der Waals surface area (Å²) in [4.78, 5) is 9.41. The minimum absolute atomic E-state index is 0.0833. The third kappa shape index (κ3) is 10.1. The second kappa shape index (κ2) is 5.71. The molecule has 0 aliphatic heterocycles. The van der Waals surface area contributed by atoms with Gasteiger partial charge in [-0.25, -0.2) is 0 Å². The van der Waals surface area contributed by atoms with E-state index in [0.29, 0.717) is 13.2 Å². The largest absolute Gasteiger partial charge is 0.432 e. The van der Waals surface area contributed by atoms with Crippen molar-refractivity contribution in [3.8, 4) is 0 Å². The fourth-order valence-electron chi connectivity index (χ4n) is 0.773. The summed E-state index contributed by atoms with van der Waals surface area (Å²) in [6.07, 6.45) is 0.899. The van der Waals surface area contributed by atoms with Gasteiger partial charge in [-0.1, -0.05) is 0 Å². The molecule has 0 aliphatic carbocycles. The van der Waals surface area contributed by atoms with Gasteiger partial charge in [-0.15, -0.1) is 0 Å².